The second kappa shape index (κ2) is 10.0. The van der Waals surface area contributed by atoms with Gasteiger partial charge in [-0.05, 0) is 41.5 Å². The highest BCUT2D eigenvalue weighted by molar-refractivity contribution is 5.59. The number of aliphatic hydroxyl groups is 1. The van der Waals surface area contributed by atoms with Gasteiger partial charge < -0.3 is 23.7 Å². The van der Waals surface area contributed by atoms with Crippen molar-refractivity contribution in [3.63, 3.8) is 0 Å². The molecule has 8 nitrogen and oxygen atoms in total. The van der Waals surface area contributed by atoms with Crippen molar-refractivity contribution in [2.24, 2.45) is 0 Å². The summed E-state index contributed by atoms with van der Waals surface area (Å²) in [6, 6.07) is 18.0. The van der Waals surface area contributed by atoms with Gasteiger partial charge >= 0.3 is 0 Å². The minimum Gasteiger partial charge on any atom is -0.491 e. The Balaban J connectivity index is 1.54. The second-order valence-corrected chi connectivity index (χ2v) is 7.15. The first-order valence-electron chi connectivity index (χ1n) is 10.1. The molecule has 4 rings (SSSR count). The van der Waals surface area contributed by atoms with Gasteiger partial charge in [-0.3, -0.25) is 4.79 Å². The molecule has 164 valence electrons. The van der Waals surface area contributed by atoms with Crippen LogP contribution >= 0.6 is 0 Å². The Labute approximate surface area is 184 Å². The molecule has 8 heteroatoms. The van der Waals surface area contributed by atoms with Crippen molar-refractivity contribution in [2.45, 2.75) is 13.2 Å². The van der Waals surface area contributed by atoms with Crippen molar-refractivity contribution in [1.29, 1.82) is 0 Å². The van der Waals surface area contributed by atoms with Crippen molar-refractivity contribution < 1.29 is 19.1 Å². The van der Waals surface area contributed by atoms with E-state index in [9.17, 15) is 9.90 Å². The molecule has 0 aliphatic rings. The van der Waals surface area contributed by atoms with Crippen LogP contribution in [0.1, 0.15) is 11.1 Å². The highest BCUT2D eigenvalue weighted by atomic mass is 16.5. The van der Waals surface area contributed by atoms with Crippen molar-refractivity contribution in [1.82, 2.24) is 14.7 Å². The van der Waals surface area contributed by atoms with E-state index in [0.29, 0.717) is 37.0 Å². The van der Waals surface area contributed by atoms with Crippen molar-refractivity contribution in [2.75, 3.05) is 20.3 Å². The number of aromatic nitrogens is 3. The molecule has 1 N–H and O–H groups in total. The summed E-state index contributed by atoms with van der Waals surface area (Å²) in [6.07, 6.45) is 1.71. The van der Waals surface area contributed by atoms with Gasteiger partial charge in [0, 0.05) is 30.5 Å². The smallest absolute Gasteiger partial charge is 0.258 e. The molecule has 2 aromatic carbocycles. The first-order valence-corrected chi connectivity index (χ1v) is 10.1. The normalized spacial score (nSPS) is 10.9. The third kappa shape index (κ3) is 5.11. The molecule has 0 aliphatic heterocycles. The van der Waals surface area contributed by atoms with Gasteiger partial charge in [-0.1, -0.05) is 29.4 Å². The molecule has 32 heavy (non-hydrogen) atoms. The number of benzene rings is 2. The van der Waals surface area contributed by atoms with Crippen LogP contribution in [0.4, 0.5) is 0 Å². The van der Waals surface area contributed by atoms with E-state index in [4.69, 9.17) is 14.0 Å². The highest BCUT2D eigenvalue weighted by Crippen LogP contribution is 2.22. The van der Waals surface area contributed by atoms with E-state index in [1.807, 2.05) is 36.4 Å². The van der Waals surface area contributed by atoms with Crippen LogP contribution < -0.4 is 10.3 Å². The summed E-state index contributed by atoms with van der Waals surface area (Å²) in [6.45, 7) is 1.31. The fraction of sp³-hybridized carbons (Fsp3) is 0.208. The molecule has 0 atom stereocenters. The number of rotatable bonds is 9. The van der Waals surface area contributed by atoms with Crippen LogP contribution in [0.15, 0.2) is 76.2 Å². The minimum absolute atomic E-state index is 0.0287. The summed E-state index contributed by atoms with van der Waals surface area (Å²) >= 11 is 0. The van der Waals surface area contributed by atoms with Gasteiger partial charge in [0.1, 0.15) is 12.4 Å². The maximum absolute atomic E-state index is 12.4. The van der Waals surface area contributed by atoms with E-state index >= 15 is 0 Å². The number of methoxy groups -OCH3 is 1. The predicted octanol–water partition coefficient (Wildman–Crippen LogP) is 3.13. The fourth-order valence-corrected chi connectivity index (χ4v) is 3.17. The molecule has 0 radical (unpaired) electrons. The number of pyridine rings is 1. The maximum atomic E-state index is 12.4. The molecule has 2 heterocycles. The molecule has 0 saturated heterocycles. The van der Waals surface area contributed by atoms with Crippen molar-refractivity contribution in [3.05, 3.63) is 88.3 Å². The molecular formula is C24H23N3O5. The van der Waals surface area contributed by atoms with E-state index in [-0.39, 0.29) is 12.2 Å². The Hall–Kier alpha value is -3.75. The summed E-state index contributed by atoms with van der Waals surface area (Å²) < 4.78 is 17.6. The lowest BCUT2D eigenvalue weighted by Gasteiger charge is -2.10. The Morgan fingerprint density at radius 1 is 1.00 bits per heavy atom. The average Bonchev–Trinajstić information content (AvgIpc) is 3.31. The quantitative estimate of drug-likeness (QED) is 0.405. The monoisotopic (exact) mass is 433 g/mol. The van der Waals surface area contributed by atoms with E-state index in [2.05, 4.69) is 10.1 Å². The molecule has 4 aromatic rings. The van der Waals surface area contributed by atoms with Crippen LogP contribution in [0.25, 0.3) is 22.8 Å². The lowest BCUT2D eigenvalue weighted by Crippen LogP contribution is -2.19. The summed E-state index contributed by atoms with van der Waals surface area (Å²) in [5.74, 6) is 1.47. The zero-order valence-electron chi connectivity index (χ0n) is 17.6. The largest absolute Gasteiger partial charge is 0.491 e. The first kappa shape index (κ1) is 21.5. The van der Waals surface area contributed by atoms with E-state index in [1.165, 1.54) is 6.07 Å². The third-order valence-corrected chi connectivity index (χ3v) is 4.86. The molecule has 0 fully saturated rings. The lowest BCUT2D eigenvalue weighted by molar-refractivity contribution is 0.146. The van der Waals surface area contributed by atoms with Crippen LogP contribution in [-0.4, -0.2) is 40.1 Å². The van der Waals surface area contributed by atoms with Gasteiger partial charge in [0.25, 0.3) is 11.4 Å². The molecule has 2 aromatic heterocycles. The van der Waals surface area contributed by atoms with Crippen LogP contribution in [0.2, 0.25) is 0 Å². The van der Waals surface area contributed by atoms with Gasteiger partial charge in [0.2, 0.25) is 5.82 Å². The Morgan fingerprint density at radius 2 is 1.81 bits per heavy atom. The van der Waals surface area contributed by atoms with Gasteiger partial charge in [0.05, 0.1) is 19.8 Å². The number of hydrogen-bond donors (Lipinski definition) is 1. The zero-order valence-corrected chi connectivity index (χ0v) is 17.6. The van der Waals surface area contributed by atoms with Gasteiger partial charge in [0.15, 0.2) is 0 Å². The standard InChI is InChI=1S/C24H23N3O5/c1-30-11-12-31-21-4-2-3-18(13-21)14-27-15-20(9-10-22(27)29)23-25-24(32-26-23)19-7-5-17(16-28)6-8-19/h2-10,13,15,28H,11-12,14,16H2,1H3. The molecule has 0 spiro atoms. The van der Waals surface area contributed by atoms with Crippen molar-refractivity contribution >= 4 is 0 Å². The lowest BCUT2D eigenvalue weighted by atomic mass is 10.1. The second-order valence-electron chi connectivity index (χ2n) is 7.15. The van der Waals surface area contributed by atoms with Crippen LogP contribution in [-0.2, 0) is 17.9 Å². The number of nitrogens with zero attached hydrogens (tertiary/aromatic N) is 3. The molecule has 0 aliphatic carbocycles. The Kier molecular flexibility index (Phi) is 6.74. The molecular weight excluding hydrogens is 410 g/mol. The summed E-state index contributed by atoms with van der Waals surface area (Å²) in [5, 5.41) is 13.2. The van der Waals surface area contributed by atoms with Crippen molar-refractivity contribution in [3.8, 4) is 28.6 Å². The molecule has 0 unspecified atom stereocenters. The maximum Gasteiger partial charge on any atom is 0.258 e. The predicted molar refractivity (Wildman–Crippen MR) is 118 cm³/mol. The summed E-state index contributed by atoms with van der Waals surface area (Å²) in [7, 11) is 1.62. The molecule has 0 saturated carbocycles. The van der Waals surface area contributed by atoms with Crippen LogP contribution in [0, 0.1) is 0 Å². The minimum atomic E-state index is -0.136. The summed E-state index contributed by atoms with van der Waals surface area (Å²) in [4.78, 5) is 16.9. The Bertz CT molecular complexity index is 1230. The van der Waals surface area contributed by atoms with E-state index in [1.54, 1.807) is 36.1 Å². The number of hydrogen-bond acceptors (Lipinski definition) is 7. The fourth-order valence-electron chi connectivity index (χ4n) is 3.17. The van der Waals surface area contributed by atoms with Gasteiger partial charge in [-0.2, -0.15) is 4.98 Å². The third-order valence-electron chi connectivity index (χ3n) is 4.86. The van der Waals surface area contributed by atoms with E-state index in [0.717, 1.165) is 22.4 Å². The average molecular weight is 433 g/mol. The summed E-state index contributed by atoms with van der Waals surface area (Å²) in [5.41, 5.74) is 3.01. The SMILES string of the molecule is COCCOc1cccc(Cn2cc(-c3noc(-c4ccc(CO)cc4)n3)ccc2=O)c1. The Morgan fingerprint density at radius 3 is 2.59 bits per heavy atom. The van der Waals surface area contributed by atoms with Gasteiger partial charge in [-0.15, -0.1) is 0 Å². The first-order chi connectivity index (χ1) is 15.7. The highest BCUT2D eigenvalue weighted by Gasteiger charge is 2.12. The van der Waals surface area contributed by atoms with E-state index < -0.39 is 0 Å². The zero-order chi connectivity index (χ0) is 22.3. The number of aliphatic hydroxyl groups excluding tert-OH is 1. The van der Waals surface area contributed by atoms with Gasteiger partial charge in [-0.25, -0.2) is 0 Å². The van der Waals surface area contributed by atoms with Crippen LogP contribution in [0.5, 0.6) is 5.75 Å². The molecule has 0 amide bonds. The topological polar surface area (TPSA) is 99.6 Å². The number of ether oxygens (including phenoxy) is 2. The molecule has 0 bridgehead atoms. The van der Waals surface area contributed by atoms with Crippen LogP contribution in [0.3, 0.4) is 0 Å².